The van der Waals surface area contributed by atoms with Gasteiger partial charge in [-0.1, -0.05) is 12.8 Å². The third-order valence-corrected chi connectivity index (χ3v) is 4.44. The second kappa shape index (κ2) is 6.26. The number of anilines is 2. The highest BCUT2D eigenvalue weighted by Crippen LogP contribution is 2.33. The molecule has 26 heavy (non-hydrogen) atoms. The second-order valence-corrected chi connectivity index (χ2v) is 6.70. The molecule has 1 fully saturated rings. The molecule has 3 aromatic rings. The predicted octanol–water partition coefficient (Wildman–Crippen LogP) is 4.54. The summed E-state index contributed by atoms with van der Waals surface area (Å²) in [6.07, 6.45) is 0.114. The van der Waals surface area contributed by atoms with E-state index in [0.717, 1.165) is 42.4 Å². The minimum absolute atomic E-state index is 0.491. The minimum atomic E-state index is -4.35. The minimum Gasteiger partial charge on any atom is -0.340 e. The molecule has 1 aliphatic carbocycles. The maximum atomic E-state index is 12.7. The first kappa shape index (κ1) is 16.8. The van der Waals surface area contributed by atoms with Crippen LogP contribution in [-0.4, -0.2) is 19.6 Å². The van der Waals surface area contributed by atoms with Gasteiger partial charge in [0.2, 0.25) is 0 Å². The van der Waals surface area contributed by atoms with Gasteiger partial charge in [0.25, 0.3) is 5.78 Å². The zero-order valence-electron chi connectivity index (χ0n) is 14.2. The van der Waals surface area contributed by atoms with Crippen LogP contribution in [0.25, 0.3) is 5.78 Å². The molecular formula is C18H18F3N5. The number of rotatable bonds is 5. The van der Waals surface area contributed by atoms with Crippen molar-refractivity contribution in [1.82, 2.24) is 19.6 Å². The monoisotopic (exact) mass is 361 g/mol. The highest BCUT2D eigenvalue weighted by molar-refractivity contribution is 5.59. The fraction of sp³-hybridized carbons (Fsp3) is 0.389. The van der Waals surface area contributed by atoms with Gasteiger partial charge in [-0.25, -0.2) is 4.98 Å². The number of nitrogens with zero attached hydrogens (tertiary/aromatic N) is 4. The van der Waals surface area contributed by atoms with Crippen LogP contribution in [0.15, 0.2) is 30.3 Å². The molecule has 0 radical (unpaired) electrons. The Morgan fingerprint density at radius 1 is 1.15 bits per heavy atom. The average molecular weight is 361 g/mol. The lowest BCUT2D eigenvalue weighted by molar-refractivity contribution is -0.137. The van der Waals surface area contributed by atoms with Crippen LogP contribution in [0, 0.1) is 12.8 Å². The number of hydrogen-bond donors (Lipinski definition) is 1. The molecule has 0 amide bonds. The Hall–Kier alpha value is -2.64. The van der Waals surface area contributed by atoms with Crippen molar-refractivity contribution in [2.75, 3.05) is 5.32 Å². The lowest BCUT2D eigenvalue weighted by atomic mass is 10.2. The molecule has 0 bridgehead atoms. The molecule has 5 nitrogen and oxygen atoms in total. The molecule has 0 aliphatic heterocycles. The SMILES string of the molecule is Cc1cc(Nc2ccc(C(F)(F)F)cc2)n2nc(CCC3CC3)nc2n1. The molecule has 136 valence electrons. The molecule has 1 saturated carbocycles. The van der Waals surface area contributed by atoms with Crippen LogP contribution in [0.5, 0.6) is 0 Å². The van der Waals surface area contributed by atoms with Crippen LogP contribution in [-0.2, 0) is 12.6 Å². The van der Waals surface area contributed by atoms with Gasteiger partial charge in [0.1, 0.15) is 5.82 Å². The molecule has 0 spiro atoms. The highest BCUT2D eigenvalue weighted by atomic mass is 19.4. The fourth-order valence-electron chi connectivity index (χ4n) is 2.85. The Balaban J connectivity index is 1.60. The second-order valence-electron chi connectivity index (χ2n) is 6.70. The lowest BCUT2D eigenvalue weighted by Crippen LogP contribution is -2.05. The first-order valence-corrected chi connectivity index (χ1v) is 8.56. The summed E-state index contributed by atoms with van der Waals surface area (Å²) >= 11 is 0. The fourth-order valence-corrected chi connectivity index (χ4v) is 2.85. The summed E-state index contributed by atoms with van der Waals surface area (Å²) in [5.41, 5.74) is 0.621. The van der Waals surface area contributed by atoms with Crippen LogP contribution < -0.4 is 5.32 Å². The summed E-state index contributed by atoms with van der Waals surface area (Å²) in [4.78, 5) is 8.86. The summed E-state index contributed by atoms with van der Waals surface area (Å²) in [5, 5.41) is 7.62. The van der Waals surface area contributed by atoms with E-state index in [4.69, 9.17) is 0 Å². The normalized spacial score (nSPS) is 14.8. The lowest BCUT2D eigenvalue weighted by Gasteiger charge is -2.10. The van der Waals surface area contributed by atoms with Crippen molar-refractivity contribution in [2.24, 2.45) is 5.92 Å². The van der Waals surface area contributed by atoms with Crippen LogP contribution in [0.2, 0.25) is 0 Å². The quantitative estimate of drug-likeness (QED) is 0.725. The highest BCUT2D eigenvalue weighted by Gasteiger charge is 2.30. The van der Waals surface area contributed by atoms with E-state index in [1.165, 1.54) is 25.0 Å². The first-order valence-electron chi connectivity index (χ1n) is 8.56. The zero-order valence-corrected chi connectivity index (χ0v) is 14.2. The van der Waals surface area contributed by atoms with Gasteiger partial charge in [0, 0.05) is 23.9 Å². The van der Waals surface area contributed by atoms with Gasteiger partial charge in [-0.05, 0) is 43.5 Å². The van der Waals surface area contributed by atoms with Crippen molar-refractivity contribution in [3.8, 4) is 0 Å². The van der Waals surface area contributed by atoms with E-state index >= 15 is 0 Å². The number of halogens is 3. The summed E-state index contributed by atoms with van der Waals surface area (Å²) in [7, 11) is 0. The van der Waals surface area contributed by atoms with E-state index < -0.39 is 11.7 Å². The summed E-state index contributed by atoms with van der Waals surface area (Å²) in [5.74, 6) is 2.65. The van der Waals surface area contributed by atoms with Crippen LogP contribution in [0.1, 0.15) is 36.3 Å². The van der Waals surface area contributed by atoms with Gasteiger partial charge >= 0.3 is 6.18 Å². The van der Waals surface area contributed by atoms with E-state index in [9.17, 15) is 13.2 Å². The van der Waals surface area contributed by atoms with Crippen molar-refractivity contribution in [2.45, 2.75) is 38.8 Å². The van der Waals surface area contributed by atoms with Crippen molar-refractivity contribution >= 4 is 17.3 Å². The molecular weight excluding hydrogens is 343 g/mol. The van der Waals surface area contributed by atoms with E-state index in [-0.39, 0.29) is 0 Å². The average Bonchev–Trinajstić information content (AvgIpc) is 3.31. The van der Waals surface area contributed by atoms with Crippen molar-refractivity contribution < 1.29 is 13.2 Å². The van der Waals surface area contributed by atoms with E-state index in [2.05, 4.69) is 20.4 Å². The smallest absolute Gasteiger partial charge is 0.340 e. The topological polar surface area (TPSA) is 55.1 Å². The molecule has 1 N–H and O–H groups in total. The zero-order chi connectivity index (χ0) is 18.3. The van der Waals surface area contributed by atoms with Crippen molar-refractivity contribution in [3.63, 3.8) is 0 Å². The molecule has 0 saturated heterocycles. The molecule has 1 aromatic carbocycles. The van der Waals surface area contributed by atoms with Crippen molar-refractivity contribution in [3.05, 3.63) is 47.4 Å². The number of hydrogen-bond acceptors (Lipinski definition) is 4. The van der Waals surface area contributed by atoms with Gasteiger partial charge in [0.05, 0.1) is 5.56 Å². The van der Waals surface area contributed by atoms with Crippen LogP contribution in [0.3, 0.4) is 0 Å². The Kier molecular flexibility index (Phi) is 4.05. The third-order valence-electron chi connectivity index (χ3n) is 4.44. The molecule has 0 unspecified atom stereocenters. The largest absolute Gasteiger partial charge is 0.416 e. The molecule has 1 aliphatic rings. The maximum Gasteiger partial charge on any atom is 0.416 e. The standard InChI is InChI=1S/C18H18F3N5/c1-11-10-16(23-14-7-5-13(6-8-14)18(19,20)21)26-17(22-11)24-15(25-26)9-4-12-2-3-12/h5-8,10,12,23H,2-4,9H2,1H3. The number of benzene rings is 1. The summed E-state index contributed by atoms with van der Waals surface area (Å²) in [6.45, 7) is 1.84. The first-order chi connectivity index (χ1) is 12.4. The molecule has 4 rings (SSSR count). The number of alkyl halides is 3. The summed E-state index contributed by atoms with van der Waals surface area (Å²) in [6, 6.07) is 6.70. The molecule has 8 heteroatoms. The van der Waals surface area contributed by atoms with Gasteiger partial charge < -0.3 is 5.32 Å². The number of aromatic nitrogens is 4. The van der Waals surface area contributed by atoms with Gasteiger partial charge in [0.15, 0.2) is 5.82 Å². The van der Waals surface area contributed by atoms with E-state index in [1.54, 1.807) is 10.6 Å². The number of nitrogens with one attached hydrogen (secondary N) is 1. The maximum absolute atomic E-state index is 12.7. The Morgan fingerprint density at radius 2 is 1.88 bits per heavy atom. The van der Waals surface area contributed by atoms with Gasteiger partial charge in [-0.15, -0.1) is 5.10 Å². The van der Waals surface area contributed by atoms with E-state index in [1.807, 2.05) is 6.92 Å². The molecule has 2 aromatic heterocycles. The number of fused-ring (bicyclic) bond motifs is 1. The van der Waals surface area contributed by atoms with Crippen LogP contribution >= 0.6 is 0 Å². The Bertz CT molecular complexity index is 926. The Morgan fingerprint density at radius 3 is 2.54 bits per heavy atom. The van der Waals surface area contributed by atoms with Gasteiger partial charge in [-0.3, -0.25) is 0 Å². The van der Waals surface area contributed by atoms with Crippen LogP contribution in [0.4, 0.5) is 24.7 Å². The van der Waals surface area contributed by atoms with Crippen molar-refractivity contribution in [1.29, 1.82) is 0 Å². The Labute approximate surface area is 148 Å². The van der Waals surface area contributed by atoms with E-state index in [0.29, 0.717) is 17.3 Å². The number of aryl methyl sites for hydroxylation is 2. The molecule has 2 heterocycles. The predicted molar refractivity (Wildman–Crippen MR) is 91.3 cm³/mol. The molecule has 0 atom stereocenters. The third kappa shape index (κ3) is 3.63. The van der Waals surface area contributed by atoms with Gasteiger partial charge in [-0.2, -0.15) is 22.7 Å². The summed E-state index contributed by atoms with van der Waals surface area (Å²) < 4.78 is 39.7.